The molecule has 1 N–H and O–H groups in total. The summed E-state index contributed by atoms with van der Waals surface area (Å²) in [5.41, 5.74) is 0.854. The Morgan fingerprint density at radius 2 is 1.76 bits per heavy atom. The predicted molar refractivity (Wildman–Crippen MR) is 113 cm³/mol. The lowest BCUT2D eigenvalue weighted by atomic mass is 10.1. The zero-order chi connectivity index (χ0) is 22.0. The van der Waals surface area contributed by atoms with Gasteiger partial charge < -0.3 is 15.0 Å². The molecule has 0 aliphatic rings. The first-order chi connectivity index (χ1) is 13.5. The van der Waals surface area contributed by atoms with Gasteiger partial charge in [0, 0.05) is 26.7 Å². The molecule has 0 bridgehead atoms. The average Bonchev–Trinajstić information content (AvgIpc) is 2.64. The summed E-state index contributed by atoms with van der Waals surface area (Å²) in [6, 6.07) is 8.52. The fourth-order valence-electron chi connectivity index (χ4n) is 2.51. The molecule has 0 saturated heterocycles. The number of nitrogens with one attached hydrogen (secondary N) is 1. The van der Waals surface area contributed by atoms with E-state index in [-0.39, 0.29) is 25.1 Å². The molecule has 164 valence electrons. The minimum absolute atomic E-state index is 0.135. The van der Waals surface area contributed by atoms with Crippen molar-refractivity contribution < 1.29 is 22.7 Å². The number of rotatable bonds is 12. The van der Waals surface area contributed by atoms with Gasteiger partial charge in [-0.2, -0.15) is 4.31 Å². The molecular weight excluding hydrogens is 394 g/mol. The number of ether oxygens (including phenoxy) is 1. The lowest BCUT2D eigenvalue weighted by Gasteiger charge is -2.30. The molecule has 0 heterocycles. The second-order valence-corrected chi connectivity index (χ2v) is 9.36. The van der Waals surface area contributed by atoms with Crippen LogP contribution in [0.4, 0.5) is 0 Å². The molecule has 9 heteroatoms. The fourth-order valence-corrected chi connectivity index (χ4v) is 2.86. The van der Waals surface area contributed by atoms with Crippen LogP contribution >= 0.6 is 0 Å². The Morgan fingerprint density at radius 1 is 1.14 bits per heavy atom. The molecule has 1 atom stereocenters. The average molecular weight is 428 g/mol. The summed E-state index contributed by atoms with van der Waals surface area (Å²) < 4.78 is 29.8. The van der Waals surface area contributed by atoms with Crippen molar-refractivity contribution in [3.05, 3.63) is 35.9 Å². The van der Waals surface area contributed by atoms with Gasteiger partial charge in [0.05, 0.1) is 18.9 Å². The largest absolute Gasteiger partial charge is 0.379 e. The Balaban J connectivity index is 2.80. The Hall–Kier alpha value is -1.97. The summed E-state index contributed by atoms with van der Waals surface area (Å²) in [6.07, 6.45) is 1.84. The Kier molecular flexibility index (Phi) is 10.3. The summed E-state index contributed by atoms with van der Waals surface area (Å²) in [5.74, 6) is -0.728. The standard InChI is InChI=1S/C20H33N3O5S/c1-16(2)28-13-9-12-21-20(25)17(3)23(14-18-10-7-6-8-11-18)19(24)15-22(4)29(5,26)27/h6-8,10-11,16-17H,9,12-15H2,1-5H3,(H,21,25)/t17-/m1/s1. The van der Waals surface area contributed by atoms with Crippen molar-refractivity contribution in [2.45, 2.75) is 45.9 Å². The smallest absolute Gasteiger partial charge is 0.242 e. The summed E-state index contributed by atoms with van der Waals surface area (Å²) in [5, 5.41) is 2.82. The van der Waals surface area contributed by atoms with E-state index in [1.54, 1.807) is 6.92 Å². The van der Waals surface area contributed by atoms with Gasteiger partial charge in [-0.1, -0.05) is 30.3 Å². The number of carbonyl (C=O) groups is 2. The minimum atomic E-state index is -3.51. The van der Waals surface area contributed by atoms with E-state index in [1.807, 2.05) is 44.2 Å². The third-order valence-electron chi connectivity index (χ3n) is 4.36. The molecular formula is C20H33N3O5S. The van der Waals surface area contributed by atoms with E-state index in [9.17, 15) is 18.0 Å². The first-order valence-corrected chi connectivity index (χ1v) is 11.5. The van der Waals surface area contributed by atoms with Crippen LogP contribution in [0.2, 0.25) is 0 Å². The van der Waals surface area contributed by atoms with Crippen LogP contribution in [-0.4, -0.2) is 74.6 Å². The van der Waals surface area contributed by atoms with Crippen molar-refractivity contribution in [3.63, 3.8) is 0 Å². The van der Waals surface area contributed by atoms with Crippen molar-refractivity contribution in [3.8, 4) is 0 Å². The van der Waals surface area contributed by atoms with Crippen molar-refractivity contribution >= 4 is 21.8 Å². The lowest BCUT2D eigenvalue weighted by Crippen LogP contribution is -2.50. The van der Waals surface area contributed by atoms with Gasteiger partial charge >= 0.3 is 0 Å². The molecule has 29 heavy (non-hydrogen) atoms. The highest BCUT2D eigenvalue weighted by molar-refractivity contribution is 7.88. The molecule has 0 saturated carbocycles. The van der Waals surface area contributed by atoms with Gasteiger partial charge in [0.15, 0.2) is 0 Å². The third kappa shape index (κ3) is 9.38. The maximum absolute atomic E-state index is 12.8. The maximum atomic E-state index is 12.8. The molecule has 0 aliphatic carbocycles. The quantitative estimate of drug-likeness (QED) is 0.506. The topological polar surface area (TPSA) is 96.0 Å². The number of nitrogens with zero attached hydrogens (tertiary/aromatic N) is 2. The number of likely N-dealkylation sites (N-methyl/N-ethyl adjacent to an activating group) is 1. The number of amides is 2. The Bertz CT molecular complexity index is 753. The van der Waals surface area contributed by atoms with E-state index in [1.165, 1.54) is 11.9 Å². The van der Waals surface area contributed by atoms with Crippen LogP contribution in [0.15, 0.2) is 30.3 Å². The van der Waals surface area contributed by atoms with Gasteiger partial charge in [-0.3, -0.25) is 9.59 Å². The van der Waals surface area contributed by atoms with Crippen molar-refractivity contribution in [1.82, 2.24) is 14.5 Å². The van der Waals surface area contributed by atoms with Crippen LogP contribution < -0.4 is 5.32 Å². The number of hydrogen-bond donors (Lipinski definition) is 1. The van der Waals surface area contributed by atoms with E-state index in [0.29, 0.717) is 19.6 Å². The highest BCUT2D eigenvalue weighted by Gasteiger charge is 2.28. The van der Waals surface area contributed by atoms with Gasteiger partial charge in [-0.25, -0.2) is 8.42 Å². The molecule has 8 nitrogen and oxygen atoms in total. The maximum Gasteiger partial charge on any atom is 0.242 e. The van der Waals surface area contributed by atoms with Crippen LogP contribution in [0.5, 0.6) is 0 Å². The Morgan fingerprint density at radius 3 is 2.31 bits per heavy atom. The van der Waals surface area contributed by atoms with Crippen LogP contribution in [0, 0.1) is 0 Å². The molecule has 1 aromatic carbocycles. The molecule has 0 unspecified atom stereocenters. The van der Waals surface area contributed by atoms with Crippen molar-refractivity contribution in [2.75, 3.05) is 33.0 Å². The second-order valence-electron chi connectivity index (χ2n) is 7.27. The summed E-state index contributed by atoms with van der Waals surface area (Å²) >= 11 is 0. The van der Waals surface area contributed by atoms with Crippen LogP contribution in [0.1, 0.15) is 32.8 Å². The third-order valence-corrected chi connectivity index (χ3v) is 5.62. The molecule has 0 fully saturated rings. The van der Waals surface area contributed by atoms with Gasteiger partial charge in [-0.15, -0.1) is 0 Å². The van der Waals surface area contributed by atoms with Crippen LogP contribution in [0.3, 0.4) is 0 Å². The summed E-state index contributed by atoms with van der Waals surface area (Å²) in [4.78, 5) is 26.8. The zero-order valence-corrected chi connectivity index (χ0v) is 18.7. The summed E-state index contributed by atoms with van der Waals surface area (Å²) in [7, 11) is -2.17. The molecule has 1 rings (SSSR count). The first-order valence-electron chi connectivity index (χ1n) is 9.66. The molecule has 0 radical (unpaired) electrons. The molecule has 0 aromatic heterocycles. The minimum Gasteiger partial charge on any atom is -0.379 e. The fraction of sp³-hybridized carbons (Fsp3) is 0.600. The van der Waals surface area contributed by atoms with Crippen molar-refractivity contribution in [1.29, 1.82) is 0 Å². The van der Waals surface area contributed by atoms with E-state index >= 15 is 0 Å². The number of sulfonamides is 1. The second kappa shape index (κ2) is 11.9. The highest BCUT2D eigenvalue weighted by Crippen LogP contribution is 2.11. The highest BCUT2D eigenvalue weighted by atomic mass is 32.2. The summed E-state index contributed by atoms with van der Waals surface area (Å²) in [6.45, 7) is 6.39. The van der Waals surface area contributed by atoms with Gasteiger partial charge in [0.1, 0.15) is 6.04 Å². The van der Waals surface area contributed by atoms with Crippen molar-refractivity contribution in [2.24, 2.45) is 0 Å². The number of benzene rings is 1. The SMILES string of the molecule is CC(C)OCCCNC(=O)[C@@H](C)N(Cc1ccccc1)C(=O)CN(C)S(C)(=O)=O. The van der Waals surface area contributed by atoms with E-state index in [0.717, 1.165) is 16.1 Å². The molecule has 0 aliphatic heterocycles. The first kappa shape index (κ1) is 25.1. The predicted octanol–water partition coefficient (Wildman–Crippen LogP) is 1.23. The molecule has 0 spiro atoms. The van der Waals surface area contributed by atoms with Crippen LogP contribution in [-0.2, 0) is 30.9 Å². The monoisotopic (exact) mass is 427 g/mol. The van der Waals surface area contributed by atoms with E-state index in [2.05, 4.69) is 5.32 Å². The zero-order valence-electron chi connectivity index (χ0n) is 17.9. The van der Waals surface area contributed by atoms with Gasteiger partial charge in [0.2, 0.25) is 21.8 Å². The number of carbonyl (C=O) groups excluding carboxylic acids is 2. The van der Waals surface area contributed by atoms with E-state index in [4.69, 9.17) is 4.74 Å². The Labute approximate surface area is 174 Å². The van der Waals surface area contributed by atoms with Gasteiger partial charge in [-0.05, 0) is 32.8 Å². The molecule has 1 aromatic rings. The normalized spacial score (nSPS) is 12.8. The lowest BCUT2D eigenvalue weighted by molar-refractivity contribution is -0.140. The number of hydrogen-bond acceptors (Lipinski definition) is 5. The van der Waals surface area contributed by atoms with Gasteiger partial charge in [0.25, 0.3) is 0 Å². The molecule has 2 amide bonds. The van der Waals surface area contributed by atoms with Crippen LogP contribution in [0.25, 0.3) is 0 Å². The van der Waals surface area contributed by atoms with E-state index < -0.39 is 22.0 Å².